The maximum atomic E-state index is 13.1. The highest BCUT2D eigenvalue weighted by Crippen LogP contribution is 2.38. The summed E-state index contributed by atoms with van der Waals surface area (Å²) in [5, 5.41) is 6.36. The van der Waals surface area contributed by atoms with Crippen LogP contribution in [0.4, 0.5) is 17.2 Å². The zero-order chi connectivity index (χ0) is 24.4. The summed E-state index contributed by atoms with van der Waals surface area (Å²) in [6, 6.07) is 21.3. The van der Waals surface area contributed by atoms with E-state index in [2.05, 4.69) is 20.6 Å². The number of carbonyl (C=O) groups is 2. The van der Waals surface area contributed by atoms with Crippen LogP contribution in [0.1, 0.15) is 27.2 Å². The Morgan fingerprint density at radius 1 is 1.09 bits per heavy atom. The van der Waals surface area contributed by atoms with Gasteiger partial charge in [0.2, 0.25) is 5.91 Å². The Kier molecular flexibility index (Phi) is 6.06. The highest BCUT2D eigenvalue weighted by atomic mass is 16.2. The molecule has 0 bridgehead atoms. The van der Waals surface area contributed by atoms with Crippen LogP contribution >= 0.6 is 0 Å². The Balaban J connectivity index is 1.47. The molecule has 0 radical (unpaired) electrons. The molecule has 0 unspecified atom stereocenters. The number of hydrogen-bond acceptors (Lipinski definition) is 4. The van der Waals surface area contributed by atoms with Gasteiger partial charge >= 0.3 is 0 Å². The highest BCUT2D eigenvalue weighted by Gasteiger charge is 2.30. The monoisotopic (exact) mass is 465 g/mol. The van der Waals surface area contributed by atoms with Crippen LogP contribution in [0.3, 0.4) is 0 Å². The number of nitrogens with zero attached hydrogens (tertiary/aromatic N) is 2. The molecular formula is C28H27N5O2. The van der Waals surface area contributed by atoms with Gasteiger partial charge in [0.25, 0.3) is 5.91 Å². The molecule has 176 valence electrons. The van der Waals surface area contributed by atoms with Gasteiger partial charge in [-0.05, 0) is 42.3 Å². The van der Waals surface area contributed by atoms with E-state index in [4.69, 9.17) is 0 Å². The molecule has 35 heavy (non-hydrogen) atoms. The van der Waals surface area contributed by atoms with E-state index in [1.165, 1.54) is 0 Å². The molecule has 0 fully saturated rings. The molecule has 3 N–H and O–H groups in total. The van der Waals surface area contributed by atoms with E-state index in [-0.39, 0.29) is 18.2 Å². The summed E-state index contributed by atoms with van der Waals surface area (Å²) in [5.41, 5.74) is 6.85. The smallest absolute Gasteiger partial charge is 0.257 e. The lowest BCUT2D eigenvalue weighted by Gasteiger charge is -2.23. The number of likely N-dealkylation sites (N-methyl/N-ethyl adjacent to an activating group) is 1. The van der Waals surface area contributed by atoms with Gasteiger partial charge in [-0.1, -0.05) is 42.5 Å². The van der Waals surface area contributed by atoms with E-state index in [1.54, 1.807) is 11.1 Å². The number of para-hydroxylation sites is 1. The molecule has 5 rings (SSSR count). The van der Waals surface area contributed by atoms with Crippen LogP contribution in [0.25, 0.3) is 11.3 Å². The minimum absolute atomic E-state index is 0.0204. The van der Waals surface area contributed by atoms with E-state index in [9.17, 15) is 9.59 Å². The predicted octanol–water partition coefficient (Wildman–Crippen LogP) is 4.94. The number of carbonyl (C=O) groups excluding carboxylic acids is 2. The van der Waals surface area contributed by atoms with Crippen LogP contribution in [0.5, 0.6) is 0 Å². The van der Waals surface area contributed by atoms with Crippen molar-refractivity contribution < 1.29 is 9.59 Å². The third-order valence-corrected chi connectivity index (χ3v) is 6.31. The standard InChI is InChI=1S/C28H27N5O2/c1-18-8-6-7-9-19(18)17-24(34)32-23-16-20(12-14-29-23)26-27(30-21-10-4-3-5-11-21)25-22(31-26)13-15-33(2)28(25)35/h3-12,14,16,30-31H,13,15,17H2,1-2H3,(H,29,32,34). The first kappa shape index (κ1) is 22.4. The molecule has 1 aliphatic rings. The molecule has 2 amide bonds. The summed E-state index contributed by atoms with van der Waals surface area (Å²) in [7, 11) is 1.82. The molecular weight excluding hydrogens is 438 g/mol. The molecule has 2 aromatic carbocycles. The van der Waals surface area contributed by atoms with Gasteiger partial charge < -0.3 is 20.5 Å². The van der Waals surface area contributed by atoms with Gasteiger partial charge in [-0.3, -0.25) is 9.59 Å². The Hall–Kier alpha value is -4.39. The number of benzene rings is 2. The molecule has 3 heterocycles. The average molecular weight is 466 g/mol. The number of anilines is 3. The first-order chi connectivity index (χ1) is 17.0. The lowest BCUT2D eigenvalue weighted by atomic mass is 10.0. The molecule has 0 aliphatic carbocycles. The third-order valence-electron chi connectivity index (χ3n) is 6.31. The minimum Gasteiger partial charge on any atom is -0.356 e. The van der Waals surface area contributed by atoms with Crippen LogP contribution in [0.2, 0.25) is 0 Å². The van der Waals surface area contributed by atoms with Gasteiger partial charge in [0.1, 0.15) is 5.82 Å². The van der Waals surface area contributed by atoms with Crippen molar-refractivity contribution >= 4 is 29.0 Å². The Bertz CT molecular complexity index is 1390. The maximum absolute atomic E-state index is 13.1. The minimum atomic E-state index is -0.130. The van der Waals surface area contributed by atoms with Crippen LogP contribution in [0, 0.1) is 6.92 Å². The Labute approximate surface area is 204 Å². The number of aromatic amines is 1. The third kappa shape index (κ3) is 4.66. The number of fused-ring (bicyclic) bond motifs is 1. The summed E-state index contributed by atoms with van der Waals surface area (Å²) < 4.78 is 0. The quantitative estimate of drug-likeness (QED) is 0.376. The average Bonchev–Trinajstić information content (AvgIpc) is 3.22. The topological polar surface area (TPSA) is 90.1 Å². The summed E-state index contributed by atoms with van der Waals surface area (Å²) in [5.74, 6) is 0.310. The Morgan fingerprint density at radius 3 is 2.66 bits per heavy atom. The van der Waals surface area contributed by atoms with E-state index >= 15 is 0 Å². The lowest BCUT2D eigenvalue weighted by Crippen LogP contribution is -2.34. The molecule has 0 saturated carbocycles. The van der Waals surface area contributed by atoms with Gasteiger partial charge in [0.15, 0.2) is 0 Å². The van der Waals surface area contributed by atoms with Crippen molar-refractivity contribution in [2.24, 2.45) is 0 Å². The predicted molar refractivity (Wildman–Crippen MR) is 138 cm³/mol. The number of aryl methyl sites for hydroxylation is 1. The number of amides is 2. The van der Waals surface area contributed by atoms with Crippen molar-refractivity contribution in [2.75, 3.05) is 24.2 Å². The summed E-state index contributed by atoms with van der Waals surface area (Å²) in [6.45, 7) is 2.65. The first-order valence-corrected chi connectivity index (χ1v) is 11.6. The second-order valence-corrected chi connectivity index (χ2v) is 8.78. The van der Waals surface area contributed by atoms with Crippen molar-refractivity contribution in [1.82, 2.24) is 14.9 Å². The van der Waals surface area contributed by atoms with E-state index < -0.39 is 0 Å². The molecule has 1 aliphatic heterocycles. The van der Waals surface area contributed by atoms with Crippen molar-refractivity contribution in [2.45, 2.75) is 19.8 Å². The fourth-order valence-electron chi connectivity index (χ4n) is 4.38. The fraction of sp³-hybridized carbons (Fsp3) is 0.179. The summed E-state index contributed by atoms with van der Waals surface area (Å²) in [4.78, 5) is 35.3. The molecule has 0 spiro atoms. The van der Waals surface area contributed by atoms with Crippen molar-refractivity contribution in [1.29, 1.82) is 0 Å². The molecule has 4 aromatic rings. The van der Waals surface area contributed by atoms with Gasteiger partial charge in [0.05, 0.1) is 23.4 Å². The SMILES string of the molecule is Cc1ccccc1CC(=O)Nc1cc(-c2[nH]c3c(c2Nc2ccccc2)C(=O)N(C)CC3)ccn1. The van der Waals surface area contributed by atoms with Gasteiger partial charge in [0, 0.05) is 43.2 Å². The zero-order valence-electron chi connectivity index (χ0n) is 19.8. The summed E-state index contributed by atoms with van der Waals surface area (Å²) >= 11 is 0. The number of nitrogens with one attached hydrogen (secondary N) is 3. The zero-order valence-corrected chi connectivity index (χ0v) is 19.8. The largest absolute Gasteiger partial charge is 0.356 e. The maximum Gasteiger partial charge on any atom is 0.257 e. The van der Waals surface area contributed by atoms with Crippen molar-refractivity contribution in [3.8, 4) is 11.3 Å². The van der Waals surface area contributed by atoms with Crippen molar-refractivity contribution in [3.63, 3.8) is 0 Å². The van der Waals surface area contributed by atoms with Crippen LogP contribution < -0.4 is 10.6 Å². The number of H-pyrrole nitrogens is 1. The second-order valence-electron chi connectivity index (χ2n) is 8.78. The van der Waals surface area contributed by atoms with Gasteiger partial charge in [-0.2, -0.15) is 0 Å². The molecule has 7 heteroatoms. The normalized spacial score (nSPS) is 12.9. The lowest BCUT2D eigenvalue weighted by molar-refractivity contribution is -0.115. The van der Waals surface area contributed by atoms with E-state index in [0.717, 1.165) is 45.9 Å². The van der Waals surface area contributed by atoms with Crippen molar-refractivity contribution in [3.05, 3.63) is 95.3 Å². The number of aromatic nitrogens is 2. The first-order valence-electron chi connectivity index (χ1n) is 11.6. The van der Waals surface area contributed by atoms with Crippen LogP contribution in [-0.2, 0) is 17.6 Å². The molecule has 2 aromatic heterocycles. The Morgan fingerprint density at radius 2 is 1.86 bits per heavy atom. The van der Waals surface area contributed by atoms with E-state index in [0.29, 0.717) is 17.9 Å². The van der Waals surface area contributed by atoms with Gasteiger partial charge in [-0.25, -0.2) is 4.98 Å². The summed E-state index contributed by atoms with van der Waals surface area (Å²) in [6.07, 6.45) is 2.68. The highest BCUT2D eigenvalue weighted by molar-refractivity contribution is 6.06. The van der Waals surface area contributed by atoms with E-state index in [1.807, 2.05) is 80.7 Å². The number of rotatable bonds is 6. The van der Waals surface area contributed by atoms with Crippen LogP contribution in [0.15, 0.2) is 72.9 Å². The number of hydrogen-bond donors (Lipinski definition) is 3. The molecule has 7 nitrogen and oxygen atoms in total. The second kappa shape index (κ2) is 9.46. The van der Waals surface area contributed by atoms with Gasteiger partial charge in [-0.15, -0.1) is 0 Å². The number of pyridine rings is 1. The fourth-order valence-corrected chi connectivity index (χ4v) is 4.38. The van der Waals surface area contributed by atoms with Crippen LogP contribution in [-0.4, -0.2) is 40.3 Å². The molecule has 0 saturated heterocycles. The molecule has 0 atom stereocenters.